The van der Waals surface area contributed by atoms with Crippen molar-refractivity contribution in [3.8, 4) is 23.0 Å². The molecular weight excluding hydrogens is 660 g/mol. The number of hydrogen-bond acceptors (Lipinski definition) is 9. The fraction of sp³-hybridized carbons (Fsp3) is 0.268. The van der Waals surface area contributed by atoms with E-state index in [-0.39, 0.29) is 31.1 Å². The number of para-hydroxylation sites is 2. The first-order chi connectivity index (χ1) is 25.2. The van der Waals surface area contributed by atoms with Gasteiger partial charge in [-0.25, -0.2) is 0 Å². The summed E-state index contributed by atoms with van der Waals surface area (Å²) in [7, 11) is 3.08. The van der Waals surface area contributed by atoms with Crippen LogP contribution >= 0.6 is 0 Å². The third kappa shape index (κ3) is 5.76. The van der Waals surface area contributed by atoms with E-state index in [0.717, 1.165) is 28.9 Å². The highest BCUT2D eigenvalue weighted by Crippen LogP contribution is 2.43. The number of amides is 2. The van der Waals surface area contributed by atoms with Gasteiger partial charge in [-0.05, 0) is 66.3 Å². The zero-order chi connectivity index (χ0) is 36.1. The van der Waals surface area contributed by atoms with E-state index < -0.39 is 12.3 Å². The zero-order valence-electron chi connectivity index (χ0n) is 29.3. The second-order valence-electron chi connectivity index (χ2n) is 13.5. The Balaban J connectivity index is 0.940. The van der Waals surface area contributed by atoms with E-state index >= 15 is 0 Å². The number of aliphatic hydroxyl groups is 1. The van der Waals surface area contributed by atoms with E-state index in [4.69, 9.17) is 18.9 Å². The molecule has 0 fully saturated rings. The number of hydrogen-bond donors (Lipinski definition) is 3. The fourth-order valence-corrected chi connectivity index (χ4v) is 7.65. The first-order valence-corrected chi connectivity index (χ1v) is 17.3. The van der Waals surface area contributed by atoms with Crippen molar-refractivity contribution < 1.29 is 33.6 Å². The van der Waals surface area contributed by atoms with Crippen molar-refractivity contribution in [3.05, 3.63) is 119 Å². The molecule has 8 rings (SSSR count). The predicted molar refractivity (Wildman–Crippen MR) is 199 cm³/mol. The van der Waals surface area contributed by atoms with Gasteiger partial charge in [0.25, 0.3) is 11.8 Å². The Kier molecular flexibility index (Phi) is 8.50. The Morgan fingerprint density at radius 1 is 0.808 bits per heavy atom. The number of nitrogens with zero attached hydrogens (tertiary/aromatic N) is 2. The third-order valence-corrected chi connectivity index (χ3v) is 10.1. The normalized spacial score (nSPS) is 19.8. The van der Waals surface area contributed by atoms with E-state index in [1.54, 1.807) is 30.2 Å². The smallest absolute Gasteiger partial charge is 0.260 e. The Hall–Kier alpha value is -5.94. The van der Waals surface area contributed by atoms with Gasteiger partial charge in [-0.2, -0.15) is 0 Å². The predicted octanol–water partition coefficient (Wildman–Crippen LogP) is 5.98. The fourth-order valence-electron chi connectivity index (χ4n) is 7.65. The Bertz CT molecular complexity index is 2150. The van der Waals surface area contributed by atoms with Crippen LogP contribution in [0.3, 0.4) is 0 Å². The zero-order valence-corrected chi connectivity index (χ0v) is 29.3. The highest BCUT2D eigenvalue weighted by molar-refractivity contribution is 6.13. The number of fused-ring (bicyclic) bond motifs is 8. The van der Waals surface area contributed by atoms with Crippen LogP contribution in [0, 0.1) is 0 Å². The topological polar surface area (TPSA) is 122 Å². The van der Waals surface area contributed by atoms with Crippen LogP contribution in [0.1, 0.15) is 38.8 Å². The monoisotopic (exact) mass is 700 g/mol. The molecule has 4 aliphatic heterocycles. The minimum absolute atomic E-state index is 0.0229. The molecule has 4 aliphatic rings. The Labute approximate surface area is 302 Å². The lowest BCUT2D eigenvalue weighted by Crippen LogP contribution is -2.45. The molecule has 0 radical (unpaired) electrons. The third-order valence-electron chi connectivity index (χ3n) is 10.1. The van der Waals surface area contributed by atoms with Gasteiger partial charge in [0.1, 0.15) is 19.4 Å². The minimum Gasteiger partial charge on any atom is -0.493 e. The number of rotatable bonds is 9. The van der Waals surface area contributed by atoms with Gasteiger partial charge in [-0.1, -0.05) is 49.1 Å². The van der Waals surface area contributed by atoms with Gasteiger partial charge in [0.05, 0.1) is 48.8 Å². The van der Waals surface area contributed by atoms with Gasteiger partial charge in [0.15, 0.2) is 23.0 Å². The van der Waals surface area contributed by atoms with E-state index in [9.17, 15) is 14.7 Å². The summed E-state index contributed by atoms with van der Waals surface area (Å²) >= 11 is 0. The summed E-state index contributed by atoms with van der Waals surface area (Å²) in [5.41, 5.74) is 7.59. The van der Waals surface area contributed by atoms with Gasteiger partial charge >= 0.3 is 0 Å². The quantitative estimate of drug-likeness (QED) is 0.181. The van der Waals surface area contributed by atoms with Crippen molar-refractivity contribution >= 4 is 34.6 Å². The Morgan fingerprint density at radius 2 is 1.38 bits per heavy atom. The van der Waals surface area contributed by atoms with Crippen molar-refractivity contribution in [2.45, 2.75) is 38.1 Å². The van der Waals surface area contributed by atoms with Crippen molar-refractivity contribution in [3.63, 3.8) is 0 Å². The summed E-state index contributed by atoms with van der Waals surface area (Å²) in [6.07, 6.45) is 2.25. The first-order valence-electron chi connectivity index (χ1n) is 17.3. The van der Waals surface area contributed by atoms with E-state index in [0.29, 0.717) is 64.0 Å². The van der Waals surface area contributed by atoms with Crippen LogP contribution in [0.2, 0.25) is 0 Å². The number of carbonyl (C=O) groups is 2. The van der Waals surface area contributed by atoms with Crippen molar-refractivity contribution in [2.75, 3.05) is 54.4 Å². The molecule has 0 saturated heterocycles. The lowest BCUT2D eigenvalue weighted by Gasteiger charge is -2.26. The largest absolute Gasteiger partial charge is 0.493 e. The summed E-state index contributed by atoms with van der Waals surface area (Å²) < 4.78 is 23.6. The van der Waals surface area contributed by atoms with Gasteiger partial charge in [0, 0.05) is 30.1 Å². The average molecular weight is 701 g/mol. The highest BCUT2D eigenvalue weighted by Gasteiger charge is 2.42. The molecule has 2 unspecified atom stereocenters. The molecule has 4 aromatic rings. The number of aliphatic hydroxyl groups excluding tert-OH is 1. The number of nitrogens with one attached hydrogen (secondary N) is 2. The van der Waals surface area contributed by atoms with Crippen LogP contribution in [0.15, 0.2) is 96.6 Å². The lowest BCUT2D eigenvalue weighted by atomic mass is 10.1. The average Bonchev–Trinajstić information content (AvgIpc) is 3.67. The van der Waals surface area contributed by atoms with E-state index in [1.807, 2.05) is 66.4 Å². The maximum absolute atomic E-state index is 13.8. The van der Waals surface area contributed by atoms with Crippen LogP contribution in [-0.4, -0.2) is 69.2 Å². The first kappa shape index (κ1) is 33.2. The summed E-state index contributed by atoms with van der Waals surface area (Å²) in [5, 5.41) is 17.7. The lowest BCUT2D eigenvalue weighted by molar-refractivity contribution is 0.0951. The molecule has 0 saturated carbocycles. The molecule has 0 spiro atoms. The van der Waals surface area contributed by atoms with Crippen molar-refractivity contribution in [1.82, 2.24) is 0 Å². The molecule has 0 aromatic heterocycles. The number of benzene rings is 4. The second kappa shape index (κ2) is 13.3. The number of ether oxygens (including phenoxy) is 4. The van der Waals surface area contributed by atoms with Crippen molar-refractivity contribution in [2.24, 2.45) is 0 Å². The van der Waals surface area contributed by atoms with Crippen LogP contribution in [0.25, 0.3) is 0 Å². The summed E-state index contributed by atoms with van der Waals surface area (Å²) in [5.74, 6) is 1.48. The summed E-state index contributed by atoms with van der Waals surface area (Å²) in [4.78, 5) is 31.1. The number of methoxy groups -OCH3 is 2. The molecule has 3 atom stereocenters. The van der Waals surface area contributed by atoms with Crippen molar-refractivity contribution in [1.29, 1.82) is 0 Å². The number of carbonyl (C=O) groups excluding carboxylic acids is 2. The molecule has 0 aliphatic carbocycles. The van der Waals surface area contributed by atoms with Gasteiger partial charge in [0.2, 0.25) is 0 Å². The maximum atomic E-state index is 13.8. The molecule has 4 aromatic carbocycles. The SMILES string of the molecule is C=C(/C=C(\C)COc1cc2c(cc1OC)C(=O)N1c3ccccc3CC1[C@@H](O)N2)COc1cc2c(cc1OC)C(=O)N1c3ccccc3CC1CN2. The molecule has 11 heteroatoms. The molecule has 0 bridgehead atoms. The second-order valence-corrected chi connectivity index (χ2v) is 13.5. The molecule has 266 valence electrons. The van der Waals surface area contributed by atoms with Crippen LogP contribution in [0.5, 0.6) is 23.0 Å². The van der Waals surface area contributed by atoms with Crippen LogP contribution in [0.4, 0.5) is 22.7 Å². The highest BCUT2D eigenvalue weighted by atomic mass is 16.5. The summed E-state index contributed by atoms with van der Waals surface area (Å²) in [6.45, 7) is 7.10. The number of anilines is 4. The van der Waals surface area contributed by atoms with E-state index in [2.05, 4.69) is 23.3 Å². The Morgan fingerprint density at radius 3 is 2.08 bits per heavy atom. The molecule has 11 nitrogen and oxygen atoms in total. The van der Waals surface area contributed by atoms with Crippen LogP contribution in [-0.2, 0) is 12.8 Å². The minimum atomic E-state index is -0.979. The summed E-state index contributed by atoms with van der Waals surface area (Å²) in [6, 6.07) is 22.2. The molecule has 3 N–H and O–H groups in total. The van der Waals surface area contributed by atoms with E-state index in [1.165, 1.54) is 12.7 Å². The molecule has 4 heterocycles. The van der Waals surface area contributed by atoms with Crippen LogP contribution < -0.4 is 39.4 Å². The van der Waals surface area contributed by atoms with Gasteiger partial charge in [-0.3, -0.25) is 9.59 Å². The maximum Gasteiger partial charge on any atom is 0.260 e. The molecular formula is C41H40N4O7. The standard InChI is InChI=1S/C41H40N4O7/c1-23(21-51-37-18-30-28(16-35(37)49-3)40(47)44-27(20-42-30)14-25-9-5-7-11-32(25)44)13-24(2)22-52-38-19-31-29(17-36(38)50-4)41(48)45-33-12-8-6-10-26(33)15-34(45)39(46)43-31/h5-13,16-19,27,34,39,42-43,46H,1,14-15,20-22H2,2-4H3/b24-13+/t27?,34?,39-/m1/s1. The van der Waals surface area contributed by atoms with Gasteiger partial charge in [-0.15, -0.1) is 0 Å². The van der Waals surface area contributed by atoms with Gasteiger partial charge < -0.3 is 44.5 Å². The molecule has 2 amide bonds. The molecule has 52 heavy (non-hydrogen) atoms.